The van der Waals surface area contributed by atoms with Crippen molar-refractivity contribution in [1.82, 2.24) is 4.57 Å². The summed E-state index contributed by atoms with van der Waals surface area (Å²) < 4.78 is 10.3. The topological polar surface area (TPSA) is 11.4 Å². The summed E-state index contributed by atoms with van der Waals surface area (Å²) in [5.41, 5.74) is 12.5. The maximum absolute atomic E-state index is 2.45. The van der Waals surface area contributed by atoms with Gasteiger partial charge in [0, 0.05) is 111 Å². The molecule has 4 heterocycles. The molecule has 0 spiro atoms. The van der Waals surface area contributed by atoms with Gasteiger partial charge in [-0.3, -0.25) is 0 Å². The number of fused-ring (bicyclic) bond motifs is 12. The molecule has 0 aliphatic carbocycles. The molecule has 0 radical (unpaired) electrons. The van der Waals surface area contributed by atoms with Gasteiger partial charge in [0.25, 0.3) is 0 Å². The van der Waals surface area contributed by atoms with Crippen LogP contribution in [0, 0.1) is 0 Å². The Morgan fingerprint density at radius 1 is 0.236 bits per heavy atom. The van der Waals surface area contributed by atoms with E-state index in [1.54, 1.807) is 0 Å². The van der Waals surface area contributed by atoms with Gasteiger partial charge in [-0.15, -0.1) is 34.0 Å². The second kappa shape index (κ2) is 16.5. The largest absolute Gasteiger partial charge is 0.310 e. The van der Waals surface area contributed by atoms with Gasteiger partial charge in [-0.2, -0.15) is 0 Å². The standard InChI is InChI=1S/C66H41N3S3/c1-3-15-44(16-4-1)67(48-30-33-51-57-40-58-54-22-9-12-25-63(54)72-66(58)41-60(57)69(59(51)37-48)45-17-5-2-6-18-45)46-28-26-42(27-29-46)43-14-13-19-47(36-43)68(49-31-34-55-52-20-7-10-23-61(52)70-64(55)38-49)50-32-35-56-53-21-8-11-24-62(53)71-65(56)39-50/h1-41H. The lowest BCUT2D eigenvalue weighted by molar-refractivity contribution is 1.18. The van der Waals surface area contributed by atoms with Crippen LogP contribution >= 0.6 is 34.0 Å². The molecule has 72 heavy (non-hydrogen) atoms. The highest BCUT2D eigenvalue weighted by molar-refractivity contribution is 7.26. The van der Waals surface area contributed by atoms with E-state index in [1.807, 2.05) is 34.0 Å². The maximum Gasteiger partial charge on any atom is 0.0561 e. The Balaban J connectivity index is 0.842. The molecule has 3 nitrogen and oxygen atoms in total. The van der Waals surface area contributed by atoms with Gasteiger partial charge < -0.3 is 14.4 Å². The van der Waals surface area contributed by atoms with E-state index >= 15 is 0 Å². The fourth-order valence-corrected chi connectivity index (χ4v) is 14.4. The van der Waals surface area contributed by atoms with Crippen molar-refractivity contribution < 1.29 is 0 Å². The van der Waals surface area contributed by atoms with Crippen LogP contribution in [-0.4, -0.2) is 4.57 Å². The third-order valence-corrected chi connectivity index (χ3v) is 17.7. The van der Waals surface area contributed by atoms with Gasteiger partial charge in [0.1, 0.15) is 0 Å². The van der Waals surface area contributed by atoms with Crippen molar-refractivity contribution in [2.75, 3.05) is 9.80 Å². The summed E-state index contributed by atoms with van der Waals surface area (Å²) in [5, 5.41) is 10.3. The number of thiophene rings is 3. The lowest BCUT2D eigenvalue weighted by Crippen LogP contribution is -2.10. The molecule has 0 atom stereocenters. The molecule has 0 fully saturated rings. The van der Waals surface area contributed by atoms with Gasteiger partial charge in [-0.05, 0) is 126 Å². The highest BCUT2D eigenvalue weighted by Crippen LogP contribution is 2.46. The number of hydrogen-bond acceptors (Lipinski definition) is 5. The minimum atomic E-state index is 1.09. The van der Waals surface area contributed by atoms with E-state index < -0.39 is 0 Å². The number of aromatic nitrogens is 1. The Hall–Kier alpha value is -8.52. The van der Waals surface area contributed by atoms with Crippen LogP contribution in [0.1, 0.15) is 0 Å². The molecular formula is C66H41N3S3. The highest BCUT2D eigenvalue weighted by Gasteiger charge is 2.21. The summed E-state index contributed by atoms with van der Waals surface area (Å²) in [6, 6.07) is 91.7. The number of benzene rings is 11. The minimum Gasteiger partial charge on any atom is -0.310 e. The molecule has 0 N–H and O–H groups in total. The highest BCUT2D eigenvalue weighted by atomic mass is 32.1. The molecule has 0 unspecified atom stereocenters. The second-order valence-corrected chi connectivity index (χ2v) is 21.7. The maximum atomic E-state index is 2.45. The molecule has 15 rings (SSSR count). The van der Waals surface area contributed by atoms with Crippen molar-refractivity contribution in [2.24, 2.45) is 0 Å². The lowest BCUT2D eigenvalue weighted by Gasteiger charge is -2.27. The van der Waals surface area contributed by atoms with Crippen molar-refractivity contribution in [2.45, 2.75) is 0 Å². The number of para-hydroxylation sites is 2. The first-order valence-corrected chi connectivity index (χ1v) is 26.8. The minimum absolute atomic E-state index is 1.09. The Labute approximate surface area is 427 Å². The Kier molecular flexibility index (Phi) is 9.48. The van der Waals surface area contributed by atoms with Crippen molar-refractivity contribution in [1.29, 1.82) is 0 Å². The van der Waals surface area contributed by atoms with E-state index in [0.717, 1.165) is 50.9 Å². The fraction of sp³-hybridized carbons (Fsp3) is 0. The molecule has 6 heteroatoms. The molecule has 0 saturated heterocycles. The normalized spacial score (nSPS) is 11.9. The quantitative estimate of drug-likeness (QED) is 0.150. The Morgan fingerprint density at radius 2 is 0.667 bits per heavy atom. The first-order chi connectivity index (χ1) is 35.7. The van der Waals surface area contributed by atoms with Crippen LogP contribution in [0.25, 0.3) is 99.1 Å². The molecule has 4 aromatic heterocycles. The van der Waals surface area contributed by atoms with Crippen LogP contribution in [0.15, 0.2) is 249 Å². The van der Waals surface area contributed by atoms with Gasteiger partial charge in [0.15, 0.2) is 0 Å². The predicted octanol–water partition coefficient (Wildman–Crippen LogP) is 20.5. The molecule has 0 bridgehead atoms. The molecule has 338 valence electrons. The van der Waals surface area contributed by atoms with Gasteiger partial charge >= 0.3 is 0 Å². The smallest absolute Gasteiger partial charge is 0.0561 e. The summed E-state index contributed by atoms with van der Waals surface area (Å²) in [6.07, 6.45) is 0. The van der Waals surface area contributed by atoms with Crippen LogP contribution in [-0.2, 0) is 0 Å². The Morgan fingerprint density at radius 3 is 1.29 bits per heavy atom. The summed E-state index contributed by atoms with van der Waals surface area (Å²) in [7, 11) is 0. The molecule has 0 amide bonds. The predicted molar refractivity (Wildman–Crippen MR) is 314 cm³/mol. The first kappa shape index (κ1) is 41.3. The van der Waals surface area contributed by atoms with E-state index in [2.05, 4.69) is 263 Å². The van der Waals surface area contributed by atoms with Crippen LogP contribution in [0.5, 0.6) is 0 Å². The van der Waals surface area contributed by atoms with Crippen LogP contribution in [0.2, 0.25) is 0 Å². The van der Waals surface area contributed by atoms with Gasteiger partial charge in [0.2, 0.25) is 0 Å². The van der Waals surface area contributed by atoms with E-state index in [-0.39, 0.29) is 0 Å². The third kappa shape index (κ3) is 6.68. The van der Waals surface area contributed by atoms with Crippen molar-refractivity contribution >= 4 is 150 Å². The zero-order valence-corrected chi connectivity index (χ0v) is 41.2. The SMILES string of the molecule is c1ccc(N(c2ccc(-c3cccc(N(c4ccc5c(c4)sc4ccccc45)c4ccc5c(c4)sc4ccccc45)c3)cc2)c2ccc3c4cc5c(cc4n(-c4ccccc4)c3c2)sc2ccccc25)cc1. The van der Waals surface area contributed by atoms with E-state index in [0.29, 0.717) is 0 Å². The van der Waals surface area contributed by atoms with E-state index in [1.165, 1.54) is 82.3 Å². The van der Waals surface area contributed by atoms with Crippen molar-refractivity contribution in [3.8, 4) is 16.8 Å². The zero-order valence-electron chi connectivity index (χ0n) is 38.7. The molecule has 0 aliphatic rings. The summed E-state index contributed by atoms with van der Waals surface area (Å²) in [6.45, 7) is 0. The average molecular weight is 972 g/mol. The number of hydrogen-bond donors (Lipinski definition) is 0. The van der Waals surface area contributed by atoms with Gasteiger partial charge in [-0.1, -0.05) is 133 Å². The summed E-state index contributed by atoms with van der Waals surface area (Å²) in [4.78, 5) is 4.81. The van der Waals surface area contributed by atoms with Crippen LogP contribution in [0.3, 0.4) is 0 Å². The monoisotopic (exact) mass is 971 g/mol. The van der Waals surface area contributed by atoms with E-state index in [9.17, 15) is 0 Å². The summed E-state index contributed by atoms with van der Waals surface area (Å²) >= 11 is 5.59. The number of nitrogens with zero attached hydrogens (tertiary/aromatic N) is 3. The molecule has 15 aromatic rings. The van der Waals surface area contributed by atoms with Crippen LogP contribution in [0.4, 0.5) is 34.1 Å². The number of rotatable bonds is 8. The fourth-order valence-electron chi connectivity index (χ4n) is 11.0. The zero-order chi connectivity index (χ0) is 47.3. The van der Waals surface area contributed by atoms with Crippen LogP contribution < -0.4 is 9.80 Å². The Bertz CT molecular complexity index is 4470. The van der Waals surface area contributed by atoms with Gasteiger partial charge in [-0.25, -0.2) is 0 Å². The lowest BCUT2D eigenvalue weighted by atomic mass is 10.0. The third-order valence-electron chi connectivity index (χ3n) is 14.3. The van der Waals surface area contributed by atoms with Gasteiger partial charge in [0.05, 0.1) is 11.0 Å². The average Bonchev–Trinajstić information content (AvgIpc) is 4.19. The molecular weight excluding hydrogens is 931 g/mol. The van der Waals surface area contributed by atoms with Crippen molar-refractivity contribution in [3.63, 3.8) is 0 Å². The van der Waals surface area contributed by atoms with E-state index in [4.69, 9.17) is 0 Å². The molecule has 11 aromatic carbocycles. The first-order valence-electron chi connectivity index (χ1n) is 24.3. The second-order valence-electron chi connectivity index (χ2n) is 18.5. The molecule has 0 aliphatic heterocycles. The van der Waals surface area contributed by atoms with Crippen molar-refractivity contribution in [3.05, 3.63) is 249 Å². The summed E-state index contributed by atoms with van der Waals surface area (Å²) in [5.74, 6) is 0. The molecule has 0 saturated carbocycles. The number of anilines is 6.